The molecule has 0 aliphatic carbocycles. The first-order chi connectivity index (χ1) is 14.6. The summed E-state index contributed by atoms with van der Waals surface area (Å²) < 4.78 is 29.2. The first kappa shape index (κ1) is 19.9. The van der Waals surface area contributed by atoms with E-state index < -0.39 is 0 Å². The van der Waals surface area contributed by atoms with Crippen LogP contribution in [0.3, 0.4) is 0 Å². The standard InChI is InChI=1S/C22H22FN3O4/c1-28-17-9-5-15(6-10-17)21-24-22(30-25-21)19-4-2-3-13-26(19)20(27)14-29-18-11-7-16(23)8-12-18/h5-12,19H,2-4,13-14H2,1H3/t19-/m1/s1. The highest BCUT2D eigenvalue weighted by Gasteiger charge is 2.32. The molecule has 1 aliphatic rings. The second-order valence-electron chi connectivity index (χ2n) is 7.03. The average molecular weight is 411 g/mol. The Morgan fingerprint density at radius 2 is 1.87 bits per heavy atom. The zero-order valence-corrected chi connectivity index (χ0v) is 16.6. The predicted molar refractivity (Wildman–Crippen MR) is 106 cm³/mol. The molecule has 7 nitrogen and oxygen atoms in total. The molecule has 1 aromatic heterocycles. The number of carbonyl (C=O) groups is 1. The van der Waals surface area contributed by atoms with E-state index in [1.807, 2.05) is 24.3 Å². The molecule has 1 amide bonds. The van der Waals surface area contributed by atoms with Crippen molar-refractivity contribution in [2.75, 3.05) is 20.3 Å². The topological polar surface area (TPSA) is 77.7 Å². The third-order valence-electron chi connectivity index (χ3n) is 5.07. The van der Waals surface area contributed by atoms with Gasteiger partial charge in [0.1, 0.15) is 23.4 Å². The van der Waals surface area contributed by atoms with Crippen molar-refractivity contribution in [2.24, 2.45) is 0 Å². The van der Waals surface area contributed by atoms with Crippen LogP contribution in [0.5, 0.6) is 11.5 Å². The Bertz CT molecular complexity index is 988. The van der Waals surface area contributed by atoms with Crippen LogP contribution in [-0.2, 0) is 4.79 Å². The molecule has 0 N–H and O–H groups in total. The number of hydrogen-bond acceptors (Lipinski definition) is 6. The zero-order valence-electron chi connectivity index (χ0n) is 16.6. The SMILES string of the molecule is COc1ccc(-c2noc([C@H]3CCCCN3C(=O)COc3ccc(F)cc3)n2)cc1. The van der Waals surface area contributed by atoms with Crippen LogP contribution < -0.4 is 9.47 Å². The number of methoxy groups -OCH3 is 1. The van der Waals surface area contributed by atoms with Gasteiger partial charge in [0.05, 0.1) is 7.11 Å². The Morgan fingerprint density at radius 3 is 2.60 bits per heavy atom. The molecule has 0 saturated carbocycles. The Labute approximate surface area is 173 Å². The van der Waals surface area contributed by atoms with Crippen LogP contribution in [-0.4, -0.2) is 41.2 Å². The van der Waals surface area contributed by atoms with Crippen molar-refractivity contribution in [3.05, 3.63) is 60.2 Å². The molecule has 1 saturated heterocycles. The number of ether oxygens (including phenoxy) is 2. The van der Waals surface area contributed by atoms with Gasteiger partial charge in [-0.3, -0.25) is 4.79 Å². The van der Waals surface area contributed by atoms with Crippen molar-refractivity contribution in [1.82, 2.24) is 15.0 Å². The summed E-state index contributed by atoms with van der Waals surface area (Å²) in [7, 11) is 1.61. The molecule has 1 aliphatic heterocycles. The molecular weight excluding hydrogens is 389 g/mol. The van der Waals surface area contributed by atoms with E-state index >= 15 is 0 Å². The number of rotatable bonds is 6. The maximum Gasteiger partial charge on any atom is 0.261 e. The molecule has 156 valence electrons. The smallest absolute Gasteiger partial charge is 0.261 e. The Morgan fingerprint density at radius 1 is 1.13 bits per heavy atom. The number of hydrogen-bond donors (Lipinski definition) is 0. The molecule has 1 fully saturated rings. The first-order valence-corrected chi connectivity index (χ1v) is 9.80. The highest BCUT2D eigenvalue weighted by atomic mass is 19.1. The number of halogens is 1. The molecule has 0 spiro atoms. The lowest BCUT2D eigenvalue weighted by Crippen LogP contribution is -2.41. The van der Waals surface area contributed by atoms with Crippen molar-refractivity contribution in [1.29, 1.82) is 0 Å². The molecule has 0 unspecified atom stereocenters. The summed E-state index contributed by atoms with van der Waals surface area (Å²) in [5.74, 6) is 1.54. The number of nitrogens with zero attached hydrogens (tertiary/aromatic N) is 3. The number of carbonyl (C=O) groups excluding carboxylic acids is 1. The van der Waals surface area contributed by atoms with Gasteiger partial charge in [0.25, 0.3) is 5.91 Å². The molecule has 30 heavy (non-hydrogen) atoms. The van der Waals surface area contributed by atoms with E-state index in [0.717, 1.165) is 30.6 Å². The van der Waals surface area contributed by atoms with Gasteiger partial charge in [-0.15, -0.1) is 0 Å². The van der Waals surface area contributed by atoms with E-state index in [0.29, 0.717) is 24.0 Å². The fraction of sp³-hybridized carbons (Fsp3) is 0.318. The van der Waals surface area contributed by atoms with Crippen molar-refractivity contribution in [3.63, 3.8) is 0 Å². The van der Waals surface area contributed by atoms with Gasteiger partial charge in [-0.2, -0.15) is 4.98 Å². The third-order valence-corrected chi connectivity index (χ3v) is 5.07. The average Bonchev–Trinajstić information content (AvgIpc) is 3.29. The van der Waals surface area contributed by atoms with Gasteiger partial charge in [0.2, 0.25) is 11.7 Å². The van der Waals surface area contributed by atoms with E-state index in [1.54, 1.807) is 12.0 Å². The van der Waals surface area contributed by atoms with Crippen molar-refractivity contribution >= 4 is 5.91 Å². The fourth-order valence-corrected chi connectivity index (χ4v) is 3.47. The lowest BCUT2D eigenvalue weighted by molar-refractivity contribution is -0.138. The lowest BCUT2D eigenvalue weighted by atomic mass is 10.0. The molecule has 4 rings (SSSR count). The quantitative estimate of drug-likeness (QED) is 0.610. The van der Waals surface area contributed by atoms with Crippen LogP contribution in [0.4, 0.5) is 4.39 Å². The van der Waals surface area contributed by atoms with Crippen LogP contribution in [0.15, 0.2) is 53.1 Å². The summed E-state index contributed by atoms with van der Waals surface area (Å²) in [5.41, 5.74) is 0.805. The van der Waals surface area contributed by atoms with Gasteiger partial charge >= 0.3 is 0 Å². The highest BCUT2D eigenvalue weighted by Crippen LogP contribution is 2.31. The van der Waals surface area contributed by atoms with Crippen LogP contribution >= 0.6 is 0 Å². The zero-order chi connectivity index (χ0) is 20.9. The molecular formula is C22H22FN3O4. The van der Waals surface area contributed by atoms with Gasteiger partial charge in [-0.05, 0) is 67.8 Å². The van der Waals surface area contributed by atoms with Crippen LogP contribution in [0.1, 0.15) is 31.2 Å². The van der Waals surface area contributed by atoms with E-state index in [2.05, 4.69) is 10.1 Å². The van der Waals surface area contributed by atoms with Gasteiger partial charge in [0, 0.05) is 12.1 Å². The van der Waals surface area contributed by atoms with Crippen LogP contribution in [0.25, 0.3) is 11.4 Å². The monoisotopic (exact) mass is 411 g/mol. The number of benzene rings is 2. The minimum atomic E-state index is -0.353. The molecule has 8 heteroatoms. The Hall–Kier alpha value is -3.42. The second-order valence-corrected chi connectivity index (χ2v) is 7.03. The van der Waals surface area contributed by atoms with E-state index in [9.17, 15) is 9.18 Å². The van der Waals surface area contributed by atoms with Crippen molar-refractivity contribution < 1.29 is 23.2 Å². The molecule has 0 bridgehead atoms. The maximum atomic E-state index is 13.0. The third kappa shape index (κ3) is 4.42. The summed E-state index contributed by atoms with van der Waals surface area (Å²) in [6, 6.07) is 12.7. The Balaban J connectivity index is 1.45. The second kappa shape index (κ2) is 8.94. The Kier molecular flexibility index (Phi) is 5.92. The molecule has 2 aromatic carbocycles. The van der Waals surface area contributed by atoms with Gasteiger partial charge in [-0.25, -0.2) is 4.39 Å². The number of aromatic nitrogens is 2. The largest absolute Gasteiger partial charge is 0.497 e. The summed E-state index contributed by atoms with van der Waals surface area (Å²) in [6.45, 7) is 0.456. The lowest BCUT2D eigenvalue weighted by Gasteiger charge is -2.33. The van der Waals surface area contributed by atoms with E-state index in [4.69, 9.17) is 14.0 Å². The van der Waals surface area contributed by atoms with Gasteiger partial charge in [-0.1, -0.05) is 5.16 Å². The molecule has 2 heterocycles. The van der Waals surface area contributed by atoms with E-state index in [-0.39, 0.29) is 24.4 Å². The normalized spacial score (nSPS) is 16.3. The van der Waals surface area contributed by atoms with Crippen molar-refractivity contribution in [3.8, 4) is 22.9 Å². The molecule has 1 atom stereocenters. The molecule has 0 radical (unpaired) electrons. The van der Waals surface area contributed by atoms with Crippen LogP contribution in [0.2, 0.25) is 0 Å². The summed E-state index contributed by atoms with van der Waals surface area (Å²) in [5, 5.41) is 4.08. The fourth-order valence-electron chi connectivity index (χ4n) is 3.47. The summed E-state index contributed by atoms with van der Waals surface area (Å²) in [6.07, 6.45) is 2.61. The number of piperidine rings is 1. The molecule has 3 aromatic rings. The maximum absolute atomic E-state index is 13.0. The van der Waals surface area contributed by atoms with E-state index in [1.165, 1.54) is 24.3 Å². The summed E-state index contributed by atoms with van der Waals surface area (Å²) >= 11 is 0. The highest BCUT2D eigenvalue weighted by molar-refractivity contribution is 5.78. The first-order valence-electron chi connectivity index (χ1n) is 9.80. The summed E-state index contributed by atoms with van der Waals surface area (Å²) in [4.78, 5) is 19.0. The number of likely N-dealkylation sites (tertiary alicyclic amines) is 1. The predicted octanol–water partition coefficient (Wildman–Crippen LogP) is 4.02. The van der Waals surface area contributed by atoms with Gasteiger partial charge in [0.15, 0.2) is 6.61 Å². The minimum absolute atomic E-state index is 0.137. The van der Waals surface area contributed by atoms with Crippen molar-refractivity contribution in [2.45, 2.75) is 25.3 Å². The van der Waals surface area contributed by atoms with Crippen LogP contribution in [0, 0.1) is 5.82 Å². The van der Waals surface area contributed by atoms with Gasteiger partial charge < -0.3 is 18.9 Å². The number of amides is 1. The minimum Gasteiger partial charge on any atom is -0.497 e.